The molecule has 3 rings (SSSR count). The largest absolute Gasteiger partial charge is 0.481 e. The molecule has 0 fully saturated rings. The number of aromatic nitrogens is 2. The van der Waals surface area contributed by atoms with Gasteiger partial charge in [-0.25, -0.2) is 15.4 Å². The lowest BCUT2D eigenvalue weighted by atomic mass is 10.0. The molecule has 3 N–H and O–H groups in total. The predicted octanol–water partition coefficient (Wildman–Crippen LogP) is 2.25. The highest BCUT2D eigenvalue weighted by atomic mass is 32.1. The van der Waals surface area contributed by atoms with Gasteiger partial charge in [-0.2, -0.15) is 0 Å². The number of methoxy groups -OCH3 is 1. The monoisotopic (exact) mass is 286 g/mol. The third kappa shape index (κ3) is 2.24. The molecule has 0 radical (unpaired) electrons. The third-order valence-electron chi connectivity index (χ3n) is 3.16. The zero-order chi connectivity index (χ0) is 13.9. The number of nitrogens with zero attached hydrogens (tertiary/aromatic N) is 2. The number of hydrogen-bond acceptors (Lipinski definition) is 6. The molecule has 1 aromatic carbocycles. The molecular formula is C14H14N4OS. The van der Waals surface area contributed by atoms with E-state index in [0.717, 1.165) is 11.3 Å². The van der Waals surface area contributed by atoms with Crippen molar-refractivity contribution < 1.29 is 4.74 Å². The maximum atomic E-state index is 5.74. The Hall–Kier alpha value is -2.02. The first-order chi connectivity index (χ1) is 9.83. The van der Waals surface area contributed by atoms with E-state index in [-0.39, 0.29) is 6.04 Å². The smallest absolute Gasteiger partial charge is 0.216 e. The second kappa shape index (κ2) is 5.54. The molecule has 0 aliphatic heterocycles. The Balaban J connectivity index is 2.11. The molecule has 6 heteroatoms. The molecule has 2 aromatic heterocycles. The van der Waals surface area contributed by atoms with Crippen molar-refractivity contribution in [3.8, 4) is 5.88 Å². The van der Waals surface area contributed by atoms with Gasteiger partial charge in [-0.1, -0.05) is 18.2 Å². The number of nitrogens with one attached hydrogen (secondary N) is 1. The molecule has 0 spiro atoms. The lowest BCUT2D eigenvalue weighted by molar-refractivity contribution is 0.395. The van der Waals surface area contributed by atoms with Gasteiger partial charge in [0.2, 0.25) is 5.88 Å². The number of thiophene rings is 1. The average Bonchev–Trinajstić information content (AvgIpc) is 2.97. The third-order valence-corrected chi connectivity index (χ3v) is 4.13. The molecule has 5 nitrogen and oxygen atoms in total. The first-order valence-corrected chi connectivity index (χ1v) is 6.99. The van der Waals surface area contributed by atoms with E-state index in [2.05, 4.69) is 39.0 Å². The van der Waals surface area contributed by atoms with Crippen molar-refractivity contribution in [2.24, 2.45) is 5.84 Å². The van der Waals surface area contributed by atoms with Crippen LogP contribution in [0, 0.1) is 0 Å². The average molecular weight is 286 g/mol. The van der Waals surface area contributed by atoms with Gasteiger partial charge in [-0.3, -0.25) is 5.84 Å². The van der Waals surface area contributed by atoms with Crippen molar-refractivity contribution in [3.05, 3.63) is 53.3 Å². The summed E-state index contributed by atoms with van der Waals surface area (Å²) >= 11 is 1.69. The summed E-state index contributed by atoms with van der Waals surface area (Å²) in [5.74, 6) is 6.26. The van der Waals surface area contributed by atoms with Crippen molar-refractivity contribution in [1.82, 2.24) is 15.4 Å². The van der Waals surface area contributed by atoms with E-state index in [0.29, 0.717) is 5.88 Å². The SMILES string of the molecule is COc1cc(C(NN)c2cccc3ccsc23)ncn1. The van der Waals surface area contributed by atoms with E-state index in [4.69, 9.17) is 10.6 Å². The fourth-order valence-corrected chi connectivity index (χ4v) is 3.15. The van der Waals surface area contributed by atoms with Gasteiger partial charge < -0.3 is 4.74 Å². The molecule has 0 aliphatic carbocycles. The van der Waals surface area contributed by atoms with Gasteiger partial charge in [-0.15, -0.1) is 11.3 Å². The lowest BCUT2D eigenvalue weighted by Crippen LogP contribution is -2.29. The molecule has 0 aliphatic rings. The topological polar surface area (TPSA) is 73.1 Å². The van der Waals surface area contributed by atoms with E-state index in [1.54, 1.807) is 24.5 Å². The van der Waals surface area contributed by atoms with Crippen LogP contribution >= 0.6 is 11.3 Å². The summed E-state index contributed by atoms with van der Waals surface area (Å²) in [5.41, 5.74) is 4.70. The van der Waals surface area contributed by atoms with Crippen LogP contribution in [0.3, 0.4) is 0 Å². The summed E-state index contributed by atoms with van der Waals surface area (Å²) < 4.78 is 6.34. The lowest BCUT2D eigenvalue weighted by Gasteiger charge is -2.17. The Labute approximate surface area is 120 Å². The van der Waals surface area contributed by atoms with E-state index in [1.807, 2.05) is 6.07 Å². The van der Waals surface area contributed by atoms with Gasteiger partial charge in [0.05, 0.1) is 18.8 Å². The summed E-state index contributed by atoms with van der Waals surface area (Å²) in [6.45, 7) is 0. The maximum absolute atomic E-state index is 5.74. The van der Waals surface area contributed by atoms with Crippen LogP contribution in [0.15, 0.2) is 42.0 Å². The number of fused-ring (bicyclic) bond motifs is 1. The Morgan fingerprint density at radius 3 is 3.00 bits per heavy atom. The standard InChI is InChI=1S/C14H14N4OS/c1-19-12-7-11(16-8-17-12)13(18-15)10-4-2-3-9-5-6-20-14(9)10/h2-8,13,18H,15H2,1H3. The summed E-state index contributed by atoms with van der Waals surface area (Å²) in [7, 11) is 1.58. The minimum Gasteiger partial charge on any atom is -0.481 e. The van der Waals surface area contributed by atoms with Crippen LogP contribution in [0.2, 0.25) is 0 Å². The summed E-state index contributed by atoms with van der Waals surface area (Å²) in [6.07, 6.45) is 1.48. The Morgan fingerprint density at radius 1 is 1.30 bits per heavy atom. The number of hydrazine groups is 1. The van der Waals surface area contributed by atoms with Crippen LogP contribution in [0.4, 0.5) is 0 Å². The van der Waals surface area contributed by atoms with Crippen LogP contribution in [-0.2, 0) is 0 Å². The Morgan fingerprint density at radius 2 is 2.20 bits per heavy atom. The zero-order valence-electron chi connectivity index (χ0n) is 10.9. The van der Waals surface area contributed by atoms with Gasteiger partial charge in [0.15, 0.2) is 0 Å². The van der Waals surface area contributed by atoms with Crippen LogP contribution in [-0.4, -0.2) is 17.1 Å². The predicted molar refractivity (Wildman–Crippen MR) is 79.6 cm³/mol. The first-order valence-electron chi connectivity index (χ1n) is 6.11. The number of nitrogens with two attached hydrogens (primary N) is 1. The van der Waals surface area contributed by atoms with Crippen molar-refractivity contribution in [1.29, 1.82) is 0 Å². The number of benzene rings is 1. The number of hydrogen-bond donors (Lipinski definition) is 2. The van der Waals surface area contributed by atoms with Crippen LogP contribution in [0.25, 0.3) is 10.1 Å². The van der Waals surface area contributed by atoms with Gasteiger partial charge >= 0.3 is 0 Å². The van der Waals surface area contributed by atoms with E-state index in [1.165, 1.54) is 16.4 Å². The van der Waals surface area contributed by atoms with Crippen LogP contribution in [0.5, 0.6) is 5.88 Å². The minimum absolute atomic E-state index is 0.200. The summed E-state index contributed by atoms with van der Waals surface area (Å²) in [6, 6.07) is 9.85. The molecule has 1 unspecified atom stereocenters. The molecule has 0 bridgehead atoms. The second-order valence-electron chi connectivity index (χ2n) is 4.27. The van der Waals surface area contributed by atoms with Gasteiger partial charge in [0.1, 0.15) is 6.33 Å². The van der Waals surface area contributed by atoms with Crippen molar-refractivity contribution >= 4 is 21.4 Å². The molecule has 2 heterocycles. The van der Waals surface area contributed by atoms with Gasteiger partial charge in [-0.05, 0) is 22.4 Å². The zero-order valence-corrected chi connectivity index (χ0v) is 11.7. The highest BCUT2D eigenvalue weighted by Crippen LogP contribution is 2.31. The number of rotatable bonds is 4. The Kier molecular flexibility index (Phi) is 3.60. The van der Waals surface area contributed by atoms with Crippen molar-refractivity contribution in [2.45, 2.75) is 6.04 Å². The molecule has 0 saturated carbocycles. The molecular weight excluding hydrogens is 272 g/mol. The fourth-order valence-electron chi connectivity index (χ4n) is 2.20. The number of ether oxygens (including phenoxy) is 1. The normalized spacial score (nSPS) is 12.5. The highest BCUT2D eigenvalue weighted by Gasteiger charge is 2.18. The van der Waals surface area contributed by atoms with Crippen LogP contribution in [0.1, 0.15) is 17.3 Å². The molecule has 102 valence electrons. The second-order valence-corrected chi connectivity index (χ2v) is 5.19. The van der Waals surface area contributed by atoms with Crippen molar-refractivity contribution in [2.75, 3.05) is 7.11 Å². The molecule has 1 atom stereocenters. The maximum Gasteiger partial charge on any atom is 0.216 e. The molecule has 3 aromatic rings. The minimum atomic E-state index is -0.200. The van der Waals surface area contributed by atoms with E-state index < -0.39 is 0 Å². The highest BCUT2D eigenvalue weighted by molar-refractivity contribution is 7.17. The molecule has 0 saturated heterocycles. The molecule has 0 amide bonds. The summed E-state index contributed by atoms with van der Waals surface area (Å²) in [4.78, 5) is 8.32. The van der Waals surface area contributed by atoms with Gasteiger partial charge in [0, 0.05) is 10.8 Å². The van der Waals surface area contributed by atoms with Gasteiger partial charge in [0.25, 0.3) is 0 Å². The Bertz CT molecular complexity index is 728. The van der Waals surface area contributed by atoms with E-state index >= 15 is 0 Å². The molecule has 20 heavy (non-hydrogen) atoms. The van der Waals surface area contributed by atoms with Crippen molar-refractivity contribution in [3.63, 3.8) is 0 Å². The van der Waals surface area contributed by atoms with Crippen LogP contribution < -0.4 is 16.0 Å². The fraction of sp³-hybridized carbons (Fsp3) is 0.143. The quantitative estimate of drug-likeness (QED) is 0.568. The van der Waals surface area contributed by atoms with E-state index in [9.17, 15) is 0 Å². The first kappa shape index (κ1) is 13.0. The summed E-state index contributed by atoms with van der Waals surface area (Å²) in [5, 5.41) is 3.27.